The van der Waals surface area contributed by atoms with Gasteiger partial charge in [0.2, 0.25) is 11.8 Å². The molecule has 7 heteroatoms. The first-order chi connectivity index (χ1) is 13.9. The smallest absolute Gasteiger partial charge is 0.257 e. The van der Waals surface area contributed by atoms with Crippen molar-refractivity contribution in [1.29, 1.82) is 5.26 Å². The van der Waals surface area contributed by atoms with E-state index >= 15 is 0 Å². The van der Waals surface area contributed by atoms with Crippen molar-refractivity contribution in [3.63, 3.8) is 0 Å². The van der Waals surface area contributed by atoms with E-state index in [0.717, 1.165) is 10.5 Å². The summed E-state index contributed by atoms with van der Waals surface area (Å²) in [7, 11) is 0. The summed E-state index contributed by atoms with van der Waals surface area (Å²) in [6.45, 7) is 3.81. The number of nitriles is 1. The molecule has 1 fully saturated rings. The molecule has 1 saturated heterocycles. The molecule has 2 aromatic rings. The summed E-state index contributed by atoms with van der Waals surface area (Å²) in [4.78, 5) is 40.8. The lowest BCUT2D eigenvalue weighted by Gasteiger charge is -2.26. The van der Waals surface area contributed by atoms with E-state index in [2.05, 4.69) is 6.58 Å². The topological polar surface area (TPSA) is 81.5 Å². The van der Waals surface area contributed by atoms with Crippen LogP contribution in [0, 0.1) is 11.3 Å². The molecule has 1 unspecified atom stereocenters. The monoisotopic (exact) mass is 407 g/mol. The summed E-state index contributed by atoms with van der Waals surface area (Å²) in [6.07, 6.45) is 1.51. The molecule has 146 valence electrons. The normalized spacial score (nSPS) is 15.9. The van der Waals surface area contributed by atoms with Crippen LogP contribution < -0.4 is 4.90 Å². The molecule has 0 spiro atoms. The Morgan fingerprint density at radius 1 is 1.21 bits per heavy atom. The van der Waals surface area contributed by atoms with Crippen molar-refractivity contribution in [3.8, 4) is 6.07 Å². The number of hydrogen-bond acceptors (Lipinski definition) is 4. The van der Waals surface area contributed by atoms with Gasteiger partial charge in [-0.15, -0.1) is 6.58 Å². The van der Waals surface area contributed by atoms with Crippen LogP contribution in [0.2, 0.25) is 5.02 Å². The van der Waals surface area contributed by atoms with Gasteiger partial charge in [0.1, 0.15) is 6.04 Å². The van der Waals surface area contributed by atoms with E-state index < -0.39 is 17.9 Å². The maximum Gasteiger partial charge on any atom is 0.257 e. The molecule has 1 atom stereocenters. The number of imide groups is 1. The Kier molecular flexibility index (Phi) is 6.10. The second-order valence-electron chi connectivity index (χ2n) is 6.58. The number of halogens is 1. The van der Waals surface area contributed by atoms with Gasteiger partial charge in [0, 0.05) is 11.6 Å². The van der Waals surface area contributed by atoms with Gasteiger partial charge in [0.15, 0.2) is 0 Å². The molecule has 6 nitrogen and oxygen atoms in total. The Labute approximate surface area is 173 Å². The first-order valence-corrected chi connectivity index (χ1v) is 9.34. The Balaban J connectivity index is 1.81. The number of nitrogens with zero attached hydrogens (tertiary/aromatic N) is 3. The summed E-state index contributed by atoms with van der Waals surface area (Å²) in [5.41, 5.74) is 1.57. The molecule has 29 heavy (non-hydrogen) atoms. The van der Waals surface area contributed by atoms with Crippen molar-refractivity contribution in [2.24, 2.45) is 0 Å². The van der Waals surface area contributed by atoms with Crippen molar-refractivity contribution < 1.29 is 14.4 Å². The Bertz CT molecular complexity index is 993. The minimum Gasteiger partial charge on any atom is -0.326 e. The van der Waals surface area contributed by atoms with Crippen LogP contribution in [0.3, 0.4) is 0 Å². The van der Waals surface area contributed by atoms with Gasteiger partial charge in [-0.3, -0.25) is 14.4 Å². The molecule has 0 radical (unpaired) electrons. The molecule has 2 aromatic carbocycles. The van der Waals surface area contributed by atoms with E-state index in [4.69, 9.17) is 16.9 Å². The zero-order valence-electron chi connectivity index (χ0n) is 15.5. The van der Waals surface area contributed by atoms with Crippen molar-refractivity contribution >= 4 is 35.0 Å². The van der Waals surface area contributed by atoms with Crippen LogP contribution in [0.1, 0.15) is 17.5 Å². The van der Waals surface area contributed by atoms with E-state index in [1.54, 1.807) is 36.4 Å². The Hall–Kier alpha value is -3.43. The molecule has 1 aliphatic rings. The van der Waals surface area contributed by atoms with E-state index in [0.29, 0.717) is 16.3 Å². The zero-order valence-corrected chi connectivity index (χ0v) is 16.3. The highest BCUT2D eigenvalue weighted by atomic mass is 35.5. The molecule has 0 aromatic heterocycles. The summed E-state index contributed by atoms with van der Waals surface area (Å²) < 4.78 is 0. The summed E-state index contributed by atoms with van der Waals surface area (Å²) in [5, 5.41) is 9.48. The quantitative estimate of drug-likeness (QED) is 0.544. The highest BCUT2D eigenvalue weighted by Crippen LogP contribution is 2.26. The largest absolute Gasteiger partial charge is 0.326 e. The Morgan fingerprint density at radius 2 is 1.86 bits per heavy atom. The lowest BCUT2D eigenvalue weighted by molar-refractivity contribution is -0.137. The first kappa shape index (κ1) is 20.3. The summed E-state index contributed by atoms with van der Waals surface area (Å²) in [6, 6.07) is 14.1. The van der Waals surface area contributed by atoms with Crippen molar-refractivity contribution in [2.75, 3.05) is 11.4 Å². The molecule has 0 saturated carbocycles. The van der Waals surface area contributed by atoms with Gasteiger partial charge in [0.05, 0.1) is 30.2 Å². The molecule has 1 aliphatic heterocycles. The SMILES string of the molecule is C=CCN(C(=O)Cc1ccc(Cl)cc1)C1CC(=O)N(c2ccc(C#N)cc2)C1=O. The van der Waals surface area contributed by atoms with Gasteiger partial charge >= 0.3 is 0 Å². The maximum atomic E-state index is 13.0. The average Bonchev–Trinajstić information content (AvgIpc) is 3.01. The van der Waals surface area contributed by atoms with Crippen molar-refractivity contribution in [1.82, 2.24) is 4.90 Å². The number of anilines is 1. The highest BCUT2D eigenvalue weighted by molar-refractivity contribution is 6.30. The number of carbonyl (C=O) groups excluding carboxylic acids is 3. The second-order valence-corrected chi connectivity index (χ2v) is 7.02. The highest BCUT2D eigenvalue weighted by Gasteiger charge is 2.43. The van der Waals surface area contributed by atoms with Gasteiger partial charge in [-0.1, -0.05) is 29.8 Å². The number of hydrogen-bond donors (Lipinski definition) is 0. The summed E-state index contributed by atoms with van der Waals surface area (Å²) in [5.74, 6) is -1.14. The fraction of sp³-hybridized carbons (Fsp3) is 0.182. The fourth-order valence-corrected chi connectivity index (χ4v) is 3.36. The molecule has 0 N–H and O–H groups in total. The van der Waals surface area contributed by atoms with E-state index in [-0.39, 0.29) is 25.3 Å². The number of amides is 3. The molecule has 3 amide bonds. The average molecular weight is 408 g/mol. The standard InChI is InChI=1S/C22H18ClN3O3/c1-2-11-25(20(27)12-15-3-7-17(23)8-4-15)19-13-21(28)26(22(19)29)18-9-5-16(14-24)6-10-18/h2-10,19H,1,11-13H2. The van der Waals surface area contributed by atoms with Gasteiger partial charge in [-0.05, 0) is 42.0 Å². The zero-order chi connectivity index (χ0) is 21.0. The fourth-order valence-electron chi connectivity index (χ4n) is 3.24. The van der Waals surface area contributed by atoms with Crippen LogP contribution in [-0.4, -0.2) is 35.2 Å². The summed E-state index contributed by atoms with van der Waals surface area (Å²) >= 11 is 5.88. The molecule has 0 aliphatic carbocycles. The molecular weight excluding hydrogens is 390 g/mol. The van der Waals surface area contributed by atoms with Crippen molar-refractivity contribution in [3.05, 3.63) is 77.3 Å². The number of benzene rings is 2. The van der Waals surface area contributed by atoms with Crippen molar-refractivity contribution in [2.45, 2.75) is 18.9 Å². The van der Waals surface area contributed by atoms with Gasteiger partial charge in [-0.2, -0.15) is 5.26 Å². The number of rotatable bonds is 6. The molecule has 0 bridgehead atoms. The number of carbonyl (C=O) groups is 3. The lowest BCUT2D eigenvalue weighted by Crippen LogP contribution is -2.46. The second kappa shape index (κ2) is 8.72. The van der Waals surface area contributed by atoms with Crippen LogP contribution >= 0.6 is 11.6 Å². The van der Waals surface area contributed by atoms with Crippen LogP contribution in [0.15, 0.2) is 61.2 Å². The van der Waals surface area contributed by atoms with Gasteiger partial charge < -0.3 is 4.90 Å². The van der Waals surface area contributed by atoms with Crippen LogP contribution in [0.25, 0.3) is 0 Å². The third kappa shape index (κ3) is 4.36. The first-order valence-electron chi connectivity index (χ1n) is 8.96. The van der Waals surface area contributed by atoms with E-state index in [1.807, 2.05) is 6.07 Å². The maximum absolute atomic E-state index is 13.0. The van der Waals surface area contributed by atoms with Gasteiger partial charge in [0.25, 0.3) is 5.91 Å². The van der Waals surface area contributed by atoms with Crippen LogP contribution in [-0.2, 0) is 20.8 Å². The Morgan fingerprint density at radius 3 is 2.45 bits per heavy atom. The minimum absolute atomic E-state index is 0.0832. The van der Waals surface area contributed by atoms with Crippen LogP contribution in [0.4, 0.5) is 5.69 Å². The van der Waals surface area contributed by atoms with E-state index in [9.17, 15) is 14.4 Å². The minimum atomic E-state index is -0.893. The molecule has 3 rings (SSSR count). The van der Waals surface area contributed by atoms with Gasteiger partial charge in [-0.25, -0.2) is 4.90 Å². The van der Waals surface area contributed by atoms with Crippen LogP contribution in [0.5, 0.6) is 0 Å². The predicted molar refractivity (Wildman–Crippen MR) is 109 cm³/mol. The lowest BCUT2D eigenvalue weighted by atomic mass is 10.1. The molecule has 1 heterocycles. The van der Waals surface area contributed by atoms with E-state index in [1.165, 1.54) is 23.1 Å². The predicted octanol–water partition coefficient (Wildman–Crippen LogP) is 3.10. The third-order valence-electron chi connectivity index (χ3n) is 4.67. The molecular formula is C22H18ClN3O3. The third-order valence-corrected chi connectivity index (χ3v) is 4.92.